The van der Waals surface area contributed by atoms with Gasteiger partial charge in [0.05, 0.1) is 12.5 Å². The number of anilines is 1. The standard InChI is InChI=1S/C12H13NO/c1-10-3-2-4-12(7-10)13-8-11-5-6-14-9-11/h2-7,9,13H,8H2,1H3. The Morgan fingerprint density at radius 1 is 1.29 bits per heavy atom. The second-order valence-corrected chi connectivity index (χ2v) is 3.35. The molecule has 2 rings (SSSR count). The van der Waals surface area contributed by atoms with Gasteiger partial charge < -0.3 is 9.73 Å². The third kappa shape index (κ3) is 2.16. The molecule has 0 saturated heterocycles. The van der Waals surface area contributed by atoms with E-state index in [1.165, 1.54) is 5.56 Å². The van der Waals surface area contributed by atoms with Gasteiger partial charge in [0.1, 0.15) is 0 Å². The lowest BCUT2D eigenvalue weighted by atomic mass is 10.2. The van der Waals surface area contributed by atoms with Crippen molar-refractivity contribution in [3.05, 3.63) is 54.0 Å². The average Bonchev–Trinajstić information content (AvgIpc) is 2.67. The van der Waals surface area contributed by atoms with E-state index in [1.54, 1.807) is 12.5 Å². The Morgan fingerprint density at radius 2 is 2.21 bits per heavy atom. The molecule has 0 aliphatic heterocycles. The summed E-state index contributed by atoms with van der Waals surface area (Å²) >= 11 is 0. The fraction of sp³-hybridized carbons (Fsp3) is 0.167. The van der Waals surface area contributed by atoms with Crippen LogP contribution in [0.3, 0.4) is 0 Å². The molecule has 1 aromatic carbocycles. The molecule has 0 radical (unpaired) electrons. The molecule has 0 unspecified atom stereocenters. The number of hydrogen-bond acceptors (Lipinski definition) is 2. The van der Waals surface area contributed by atoms with Gasteiger partial charge in [0.2, 0.25) is 0 Å². The van der Waals surface area contributed by atoms with E-state index in [1.807, 2.05) is 12.1 Å². The number of aryl methyl sites for hydroxylation is 1. The van der Waals surface area contributed by atoms with Crippen LogP contribution >= 0.6 is 0 Å². The molecule has 1 aromatic heterocycles. The first-order valence-corrected chi connectivity index (χ1v) is 4.66. The number of furan rings is 1. The van der Waals surface area contributed by atoms with E-state index in [4.69, 9.17) is 4.42 Å². The zero-order valence-corrected chi connectivity index (χ0v) is 8.16. The minimum Gasteiger partial charge on any atom is -0.472 e. The first-order chi connectivity index (χ1) is 6.84. The van der Waals surface area contributed by atoms with Gasteiger partial charge in [-0.05, 0) is 30.7 Å². The number of rotatable bonds is 3. The topological polar surface area (TPSA) is 25.2 Å². The monoisotopic (exact) mass is 187 g/mol. The summed E-state index contributed by atoms with van der Waals surface area (Å²) in [5, 5.41) is 3.33. The Morgan fingerprint density at radius 3 is 2.93 bits per heavy atom. The molecule has 0 atom stereocenters. The minimum absolute atomic E-state index is 0.806. The van der Waals surface area contributed by atoms with Crippen molar-refractivity contribution in [1.29, 1.82) is 0 Å². The van der Waals surface area contributed by atoms with Gasteiger partial charge in [0.25, 0.3) is 0 Å². The summed E-state index contributed by atoms with van der Waals surface area (Å²) in [7, 11) is 0. The molecule has 14 heavy (non-hydrogen) atoms. The number of benzene rings is 1. The van der Waals surface area contributed by atoms with E-state index < -0.39 is 0 Å². The van der Waals surface area contributed by atoms with Crippen molar-refractivity contribution >= 4 is 5.69 Å². The fourth-order valence-corrected chi connectivity index (χ4v) is 1.35. The van der Waals surface area contributed by atoms with E-state index in [9.17, 15) is 0 Å². The van der Waals surface area contributed by atoms with Gasteiger partial charge in [-0.1, -0.05) is 12.1 Å². The molecule has 0 aliphatic rings. The highest BCUT2D eigenvalue weighted by molar-refractivity contribution is 5.45. The molecule has 2 aromatic rings. The Hall–Kier alpha value is -1.70. The van der Waals surface area contributed by atoms with Crippen LogP contribution in [0.15, 0.2) is 47.3 Å². The van der Waals surface area contributed by atoms with Crippen LogP contribution in [-0.4, -0.2) is 0 Å². The molecule has 2 nitrogen and oxygen atoms in total. The van der Waals surface area contributed by atoms with Gasteiger partial charge in [-0.3, -0.25) is 0 Å². The summed E-state index contributed by atoms with van der Waals surface area (Å²) in [4.78, 5) is 0. The Balaban J connectivity index is 1.98. The highest BCUT2D eigenvalue weighted by atomic mass is 16.3. The SMILES string of the molecule is Cc1cccc(NCc2ccoc2)c1. The Bertz CT molecular complexity index is 392. The van der Waals surface area contributed by atoms with Gasteiger partial charge in [-0.15, -0.1) is 0 Å². The summed E-state index contributed by atoms with van der Waals surface area (Å²) in [6, 6.07) is 10.3. The van der Waals surface area contributed by atoms with E-state index in [0.717, 1.165) is 17.8 Å². The van der Waals surface area contributed by atoms with Crippen LogP contribution in [0.2, 0.25) is 0 Å². The maximum Gasteiger partial charge on any atom is 0.0952 e. The van der Waals surface area contributed by atoms with Crippen molar-refractivity contribution < 1.29 is 4.42 Å². The Kier molecular flexibility index (Phi) is 2.54. The first kappa shape index (κ1) is 8.88. The molecule has 0 amide bonds. The van der Waals surface area contributed by atoms with Crippen LogP contribution in [0, 0.1) is 6.92 Å². The zero-order chi connectivity index (χ0) is 9.80. The van der Waals surface area contributed by atoms with Crippen molar-refractivity contribution in [3.8, 4) is 0 Å². The maximum atomic E-state index is 4.99. The van der Waals surface area contributed by atoms with Gasteiger partial charge in [0.15, 0.2) is 0 Å². The van der Waals surface area contributed by atoms with Crippen LogP contribution in [0.4, 0.5) is 5.69 Å². The van der Waals surface area contributed by atoms with Crippen molar-refractivity contribution in [3.63, 3.8) is 0 Å². The molecule has 0 spiro atoms. The molecule has 0 aliphatic carbocycles. The van der Waals surface area contributed by atoms with Crippen LogP contribution in [0.1, 0.15) is 11.1 Å². The van der Waals surface area contributed by atoms with Crippen molar-refractivity contribution in [2.75, 3.05) is 5.32 Å². The molecule has 1 N–H and O–H groups in total. The predicted octanol–water partition coefficient (Wildman–Crippen LogP) is 3.20. The van der Waals surface area contributed by atoms with Crippen LogP contribution in [0.25, 0.3) is 0 Å². The molecular weight excluding hydrogens is 174 g/mol. The van der Waals surface area contributed by atoms with Gasteiger partial charge in [-0.25, -0.2) is 0 Å². The molecule has 2 heteroatoms. The lowest BCUT2D eigenvalue weighted by Crippen LogP contribution is -1.97. The van der Waals surface area contributed by atoms with Crippen LogP contribution < -0.4 is 5.32 Å². The highest BCUT2D eigenvalue weighted by Gasteiger charge is 1.94. The Labute approximate surface area is 83.6 Å². The molecule has 72 valence electrons. The second kappa shape index (κ2) is 4.01. The minimum atomic E-state index is 0.806. The van der Waals surface area contributed by atoms with Crippen molar-refractivity contribution in [2.24, 2.45) is 0 Å². The fourth-order valence-electron chi connectivity index (χ4n) is 1.35. The van der Waals surface area contributed by atoms with Crippen molar-refractivity contribution in [2.45, 2.75) is 13.5 Å². The number of nitrogens with one attached hydrogen (secondary N) is 1. The number of hydrogen-bond donors (Lipinski definition) is 1. The smallest absolute Gasteiger partial charge is 0.0952 e. The summed E-state index contributed by atoms with van der Waals surface area (Å²) in [5.41, 5.74) is 3.57. The largest absolute Gasteiger partial charge is 0.472 e. The van der Waals surface area contributed by atoms with Gasteiger partial charge >= 0.3 is 0 Å². The van der Waals surface area contributed by atoms with E-state index >= 15 is 0 Å². The van der Waals surface area contributed by atoms with Gasteiger partial charge in [0, 0.05) is 17.8 Å². The molecule has 0 fully saturated rings. The van der Waals surface area contributed by atoms with Crippen molar-refractivity contribution in [1.82, 2.24) is 0 Å². The van der Waals surface area contributed by atoms with E-state index in [2.05, 4.69) is 30.4 Å². The van der Waals surface area contributed by atoms with E-state index in [-0.39, 0.29) is 0 Å². The second-order valence-electron chi connectivity index (χ2n) is 3.35. The quantitative estimate of drug-likeness (QED) is 0.798. The predicted molar refractivity (Wildman–Crippen MR) is 57.2 cm³/mol. The van der Waals surface area contributed by atoms with Gasteiger partial charge in [-0.2, -0.15) is 0 Å². The maximum absolute atomic E-state index is 4.99. The summed E-state index contributed by atoms with van der Waals surface area (Å²) < 4.78 is 4.99. The molecule has 0 saturated carbocycles. The van der Waals surface area contributed by atoms with Crippen LogP contribution in [0.5, 0.6) is 0 Å². The zero-order valence-electron chi connectivity index (χ0n) is 8.16. The molecule has 0 bridgehead atoms. The molecular formula is C12H13NO. The van der Waals surface area contributed by atoms with E-state index in [0.29, 0.717) is 0 Å². The lowest BCUT2D eigenvalue weighted by Gasteiger charge is -2.04. The average molecular weight is 187 g/mol. The summed E-state index contributed by atoms with van der Waals surface area (Å²) in [5.74, 6) is 0. The highest BCUT2D eigenvalue weighted by Crippen LogP contribution is 2.11. The summed E-state index contributed by atoms with van der Waals surface area (Å²) in [6.45, 7) is 2.89. The molecule has 1 heterocycles. The third-order valence-corrected chi connectivity index (χ3v) is 2.09. The normalized spacial score (nSPS) is 10.1. The first-order valence-electron chi connectivity index (χ1n) is 4.66. The summed E-state index contributed by atoms with van der Waals surface area (Å²) in [6.07, 6.45) is 3.44. The third-order valence-electron chi connectivity index (χ3n) is 2.09. The lowest BCUT2D eigenvalue weighted by molar-refractivity contribution is 0.564. The van der Waals surface area contributed by atoms with Crippen LogP contribution in [-0.2, 0) is 6.54 Å².